The van der Waals surface area contributed by atoms with Crippen LogP contribution < -0.4 is 4.90 Å². The number of benzene rings is 2. The molecule has 0 amide bonds. The number of nitrogens with zero attached hydrogens (tertiary/aromatic N) is 2. The third-order valence-electron chi connectivity index (χ3n) is 6.08. The molecular formula is C25H26N2. The minimum absolute atomic E-state index is 0.793. The minimum Gasteiger partial charge on any atom is -0.372 e. The van der Waals surface area contributed by atoms with Crippen LogP contribution in [0.15, 0.2) is 72.9 Å². The van der Waals surface area contributed by atoms with Crippen LogP contribution >= 0.6 is 0 Å². The van der Waals surface area contributed by atoms with Crippen molar-refractivity contribution in [1.29, 1.82) is 0 Å². The van der Waals surface area contributed by atoms with Crippen LogP contribution in [0.2, 0.25) is 0 Å². The maximum atomic E-state index is 2.54. The van der Waals surface area contributed by atoms with Crippen LogP contribution in [0.4, 0.5) is 5.69 Å². The van der Waals surface area contributed by atoms with Gasteiger partial charge in [0, 0.05) is 35.9 Å². The van der Waals surface area contributed by atoms with Crippen LogP contribution in [0, 0.1) is 12.8 Å². The van der Waals surface area contributed by atoms with Gasteiger partial charge >= 0.3 is 0 Å². The second-order valence-electron chi connectivity index (χ2n) is 8.00. The van der Waals surface area contributed by atoms with Crippen LogP contribution in [0.3, 0.4) is 0 Å². The zero-order valence-electron chi connectivity index (χ0n) is 15.9. The fourth-order valence-electron chi connectivity index (χ4n) is 4.50. The number of hydrogen-bond donors (Lipinski definition) is 0. The van der Waals surface area contributed by atoms with Crippen molar-refractivity contribution in [3.8, 4) is 0 Å². The van der Waals surface area contributed by atoms with Gasteiger partial charge in [-0.05, 0) is 80.1 Å². The second-order valence-corrected chi connectivity index (χ2v) is 8.00. The zero-order valence-corrected chi connectivity index (χ0v) is 15.9. The number of rotatable bonds is 3. The van der Waals surface area contributed by atoms with Crippen molar-refractivity contribution >= 4 is 22.1 Å². The van der Waals surface area contributed by atoms with Gasteiger partial charge in [-0.15, -0.1) is 0 Å². The first-order valence-electron chi connectivity index (χ1n) is 10.1. The van der Waals surface area contributed by atoms with E-state index in [1.54, 1.807) is 0 Å². The highest BCUT2D eigenvalue weighted by Gasteiger charge is 2.20. The quantitative estimate of drug-likeness (QED) is 0.447. The summed E-state index contributed by atoms with van der Waals surface area (Å²) in [5.74, 6) is 0.793. The summed E-state index contributed by atoms with van der Waals surface area (Å²) in [4.78, 5) is 2.54. The van der Waals surface area contributed by atoms with Crippen molar-refractivity contribution in [2.24, 2.45) is 5.92 Å². The summed E-state index contributed by atoms with van der Waals surface area (Å²) in [6, 6.07) is 24.7. The van der Waals surface area contributed by atoms with Gasteiger partial charge in [-0.2, -0.15) is 0 Å². The minimum atomic E-state index is 0.793. The van der Waals surface area contributed by atoms with Gasteiger partial charge in [-0.25, -0.2) is 0 Å². The van der Waals surface area contributed by atoms with Gasteiger partial charge in [-0.1, -0.05) is 29.8 Å². The van der Waals surface area contributed by atoms with Gasteiger partial charge in [0.25, 0.3) is 0 Å². The molecule has 2 nitrogen and oxygen atoms in total. The molecule has 3 heterocycles. The van der Waals surface area contributed by atoms with Gasteiger partial charge in [0.15, 0.2) is 0 Å². The van der Waals surface area contributed by atoms with Crippen molar-refractivity contribution in [2.45, 2.75) is 26.2 Å². The number of anilines is 1. The van der Waals surface area contributed by atoms with Crippen LogP contribution in [0.5, 0.6) is 0 Å². The number of pyridine rings is 1. The van der Waals surface area contributed by atoms with Crippen molar-refractivity contribution < 1.29 is 0 Å². The number of aryl methyl sites for hydroxylation is 1. The van der Waals surface area contributed by atoms with Crippen molar-refractivity contribution in [3.05, 3.63) is 84.1 Å². The highest BCUT2D eigenvalue weighted by Crippen LogP contribution is 2.28. The molecule has 5 rings (SSSR count). The van der Waals surface area contributed by atoms with E-state index in [2.05, 4.69) is 89.2 Å². The van der Waals surface area contributed by atoms with E-state index in [1.807, 2.05) is 0 Å². The van der Waals surface area contributed by atoms with E-state index in [4.69, 9.17) is 0 Å². The summed E-state index contributed by atoms with van der Waals surface area (Å²) in [5, 5.41) is 1.36. The Morgan fingerprint density at radius 2 is 1.70 bits per heavy atom. The van der Waals surface area contributed by atoms with Crippen LogP contribution in [0.1, 0.15) is 24.0 Å². The van der Waals surface area contributed by atoms with Crippen molar-refractivity contribution in [3.63, 3.8) is 0 Å². The topological polar surface area (TPSA) is 7.65 Å². The first-order chi connectivity index (χ1) is 13.3. The van der Waals surface area contributed by atoms with E-state index in [1.165, 1.54) is 65.6 Å². The lowest BCUT2D eigenvalue weighted by Crippen LogP contribution is -2.34. The lowest BCUT2D eigenvalue weighted by molar-refractivity contribution is 0.404. The summed E-state index contributed by atoms with van der Waals surface area (Å²) < 4.78 is 2.28. The van der Waals surface area contributed by atoms with Gasteiger partial charge in [0.05, 0.1) is 5.52 Å². The van der Waals surface area contributed by atoms with E-state index in [0.29, 0.717) is 0 Å². The Hall–Kier alpha value is -2.74. The van der Waals surface area contributed by atoms with E-state index in [-0.39, 0.29) is 0 Å². The van der Waals surface area contributed by atoms with Crippen molar-refractivity contribution in [1.82, 2.24) is 4.40 Å². The average molecular weight is 354 g/mol. The molecule has 1 aliphatic heterocycles. The molecule has 0 aliphatic carbocycles. The maximum Gasteiger partial charge on any atom is 0.0528 e. The maximum absolute atomic E-state index is 2.54. The molecule has 1 aliphatic rings. The van der Waals surface area contributed by atoms with Crippen LogP contribution in [0.25, 0.3) is 16.4 Å². The number of fused-ring (bicyclic) bond motifs is 3. The molecule has 0 spiro atoms. The third-order valence-corrected chi connectivity index (χ3v) is 6.08. The van der Waals surface area contributed by atoms with Gasteiger partial charge < -0.3 is 9.30 Å². The van der Waals surface area contributed by atoms with Gasteiger partial charge in [0.2, 0.25) is 0 Å². The molecule has 4 aromatic rings. The SMILES string of the molecule is Cc1ccc(N2CCC(Cc3ccc4c(c3)cc3ccccn34)CC2)cc1. The van der Waals surface area contributed by atoms with Crippen LogP contribution in [-0.4, -0.2) is 17.5 Å². The Morgan fingerprint density at radius 3 is 2.52 bits per heavy atom. The molecule has 0 saturated carbocycles. The Labute approximate surface area is 161 Å². The summed E-state index contributed by atoms with van der Waals surface area (Å²) in [6.45, 7) is 4.50. The Balaban J connectivity index is 1.28. The smallest absolute Gasteiger partial charge is 0.0528 e. The molecular weight excluding hydrogens is 328 g/mol. The highest BCUT2D eigenvalue weighted by atomic mass is 15.1. The average Bonchev–Trinajstić information content (AvgIpc) is 3.07. The molecule has 2 aromatic heterocycles. The summed E-state index contributed by atoms with van der Waals surface area (Å²) in [6.07, 6.45) is 5.91. The molecule has 0 unspecified atom stereocenters. The zero-order chi connectivity index (χ0) is 18.2. The Kier molecular flexibility index (Phi) is 4.12. The predicted molar refractivity (Wildman–Crippen MR) is 115 cm³/mol. The molecule has 2 aromatic carbocycles. The Bertz CT molecular complexity index is 1070. The largest absolute Gasteiger partial charge is 0.372 e. The molecule has 1 fully saturated rings. The normalized spacial score (nSPS) is 15.7. The fraction of sp³-hybridized carbons (Fsp3) is 0.280. The van der Waals surface area contributed by atoms with E-state index < -0.39 is 0 Å². The predicted octanol–water partition coefficient (Wildman–Crippen LogP) is 5.86. The van der Waals surface area contributed by atoms with Gasteiger partial charge in [0.1, 0.15) is 0 Å². The first kappa shape index (κ1) is 16.4. The summed E-state index contributed by atoms with van der Waals surface area (Å²) in [7, 11) is 0. The highest BCUT2D eigenvalue weighted by molar-refractivity contribution is 5.87. The van der Waals surface area contributed by atoms with E-state index >= 15 is 0 Å². The summed E-state index contributed by atoms with van der Waals surface area (Å²) in [5.41, 5.74) is 6.77. The lowest BCUT2D eigenvalue weighted by Gasteiger charge is -2.33. The Morgan fingerprint density at radius 1 is 0.889 bits per heavy atom. The molecule has 0 bridgehead atoms. The van der Waals surface area contributed by atoms with Crippen molar-refractivity contribution in [2.75, 3.05) is 18.0 Å². The molecule has 0 atom stereocenters. The molecule has 0 N–H and O–H groups in total. The number of piperidine rings is 1. The number of hydrogen-bond acceptors (Lipinski definition) is 1. The first-order valence-corrected chi connectivity index (χ1v) is 10.1. The van der Waals surface area contributed by atoms with Gasteiger partial charge in [-0.3, -0.25) is 0 Å². The molecule has 1 saturated heterocycles. The van der Waals surface area contributed by atoms with Crippen LogP contribution in [-0.2, 0) is 6.42 Å². The lowest BCUT2D eigenvalue weighted by atomic mass is 9.89. The monoisotopic (exact) mass is 354 g/mol. The molecule has 27 heavy (non-hydrogen) atoms. The van der Waals surface area contributed by atoms with E-state index in [0.717, 1.165) is 5.92 Å². The fourth-order valence-corrected chi connectivity index (χ4v) is 4.50. The van der Waals surface area contributed by atoms with E-state index in [9.17, 15) is 0 Å². The number of aromatic nitrogens is 1. The second kappa shape index (κ2) is 6.77. The summed E-state index contributed by atoms with van der Waals surface area (Å²) >= 11 is 0. The third kappa shape index (κ3) is 3.21. The molecule has 0 radical (unpaired) electrons. The molecule has 2 heteroatoms. The standard InChI is InChI=1S/C25H26N2/c1-19-5-8-23(9-6-19)26-14-11-20(12-15-26)16-21-7-10-25-22(17-21)18-24-4-2-3-13-27(24)25/h2-10,13,17-18,20H,11-12,14-16H2,1H3. The molecule has 136 valence electrons.